The molecule has 1 aliphatic rings. The lowest BCUT2D eigenvalue weighted by Crippen LogP contribution is -2.40. The van der Waals surface area contributed by atoms with Crippen molar-refractivity contribution in [2.45, 2.75) is 58.6 Å². The van der Waals surface area contributed by atoms with Gasteiger partial charge in [0.2, 0.25) is 5.91 Å². The highest BCUT2D eigenvalue weighted by Crippen LogP contribution is 2.28. The molecule has 21 heavy (non-hydrogen) atoms. The Balaban J connectivity index is 2.08. The number of carbonyl (C=O) groups excluding carboxylic acids is 1. The van der Waals surface area contributed by atoms with Crippen LogP contribution in [0.1, 0.15) is 45.6 Å². The Kier molecular flexibility index (Phi) is 4.88. The summed E-state index contributed by atoms with van der Waals surface area (Å²) < 4.78 is 5.76. The summed E-state index contributed by atoms with van der Waals surface area (Å²) in [5.74, 6) is 0.0389. The van der Waals surface area contributed by atoms with E-state index in [4.69, 9.17) is 4.74 Å². The van der Waals surface area contributed by atoms with Crippen LogP contribution in [0.2, 0.25) is 0 Å². The molecule has 2 N–H and O–H groups in total. The fourth-order valence-corrected chi connectivity index (χ4v) is 2.68. The molecule has 0 aliphatic carbocycles. The minimum atomic E-state index is -0.0716. The molecule has 2 rings (SSSR count). The Hall–Kier alpha value is -1.55. The van der Waals surface area contributed by atoms with Gasteiger partial charge in [-0.1, -0.05) is 13.0 Å². The zero-order valence-electron chi connectivity index (χ0n) is 13.5. The first kappa shape index (κ1) is 15.8. The van der Waals surface area contributed by atoms with Crippen LogP contribution in [-0.4, -0.2) is 24.2 Å². The van der Waals surface area contributed by atoms with E-state index in [9.17, 15) is 4.79 Å². The van der Waals surface area contributed by atoms with E-state index in [1.54, 1.807) is 0 Å². The lowest BCUT2D eigenvalue weighted by Gasteiger charge is -2.36. The molecule has 1 amide bonds. The number of amides is 1. The van der Waals surface area contributed by atoms with Crippen LogP contribution < -0.4 is 10.6 Å². The molecular weight excluding hydrogens is 264 g/mol. The van der Waals surface area contributed by atoms with Gasteiger partial charge in [-0.15, -0.1) is 0 Å². The number of anilines is 2. The van der Waals surface area contributed by atoms with E-state index in [0.29, 0.717) is 12.5 Å². The fourth-order valence-electron chi connectivity index (χ4n) is 2.68. The Morgan fingerprint density at radius 3 is 2.86 bits per heavy atom. The van der Waals surface area contributed by atoms with E-state index in [2.05, 4.69) is 31.4 Å². The third kappa shape index (κ3) is 4.46. The van der Waals surface area contributed by atoms with Gasteiger partial charge < -0.3 is 15.4 Å². The molecule has 0 spiro atoms. The van der Waals surface area contributed by atoms with E-state index in [1.807, 2.05) is 25.1 Å². The summed E-state index contributed by atoms with van der Waals surface area (Å²) in [6, 6.07) is 6.41. The molecule has 1 saturated heterocycles. The Labute approximate surface area is 127 Å². The Morgan fingerprint density at radius 2 is 2.19 bits per heavy atom. The maximum atomic E-state index is 11.5. The van der Waals surface area contributed by atoms with Crippen LogP contribution in [-0.2, 0) is 9.53 Å². The average molecular weight is 290 g/mol. The van der Waals surface area contributed by atoms with Gasteiger partial charge in [0.1, 0.15) is 0 Å². The van der Waals surface area contributed by atoms with Crippen LogP contribution in [0, 0.1) is 6.92 Å². The standard InChI is InChI=1S/C17H26N2O2/c1-5-16(20)19-13-7-6-12(2)15(10-13)18-14-8-9-21-17(3,4)11-14/h6-7,10,14,18H,5,8-9,11H2,1-4H3,(H,19,20). The van der Waals surface area contributed by atoms with Gasteiger partial charge in [0, 0.05) is 30.4 Å². The topological polar surface area (TPSA) is 50.4 Å². The van der Waals surface area contributed by atoms with E-state index < -0.39 is 0 Å². The second-order valence-corrected chi connectivity index (χ2v) is 6.37. The van der Waals surface area contributed by atoms with Gasteiger partial charge in [-0.3, -0.25) is 4.79 Å². The SMILES string of the molecule is CCC(=O)Nc1ccc(C)c(NC2CCOC(C)(C)C2)c1. The molecular formula is C17H26N2O2. The number of benzene rings is 1. The van der Waals surface area contributed by atoms with Crippen molar-refractivity contribution in [3.8, 4) is 0 Å². The molecule has 1 atom stereocenters. The first-order chi connectivity index (χ1) is 9.89. The smallest absolute Gasteiger partial charge is 0.224 e. The molecule has 4 heteroatoms. The van der Waals surface area contributed by atoms with Crippen molar-refractivity contribution in [2.24, 2.45) is 0 Å². The number of hydrogen-bond donors (Lipinski definition) is 2. The molecule has 0 saturated carbocycles. The van der Waals surface area contributed by atoms with E-state index in [1.165, 1.54) is 5.56 Å². The van der Waals surface area contributed by atoms with Gasteiger partial charge >= 0.3 is 0 Å². The maximum Gasteiger partial charge on any atom is 0.224 e. The normalized spacial score (nSPS) is 20.9. The summed E-state index contributed by atoms with van der Waals surface area (Å²) in [6.45, 7) is 8.98. The molecule has 1 heterocycles. The highest BCUT2D eigenvalue weighted by molar-refractivity contribution is 5.91. The Bertz CT molecular complexity index is 512. The number of aryl methyl sites for hydroxylation is 1. The minimum Gasteiger partial charge on any atom is -0.382 e. The second-order valence-electron chi connectivity index (χ2n) is 6.37. The van der Waals surface area contributed by atoms with Crippen molar-refractivity contribution in [1.82, 2.24) is 0 Å². The molecule has 1 fully saturated rings. The third-order valence-corrected chi connectivity index (χ3v) is 3.90. The lowest BCUT2D eigenvalue weighted by molar-refractivity contribution is -0.115. The van der Waals surface area contributed by atoms with Crippen LogP contribution in [0.5, 0.6) is 0 Å². The fraction of sp³-hybridized carbons (Fsp3) is 0.588. The molecule has 1 aromatic carbocycles. The lowest BCUT2D eigenvalue weighted by atomic mass is 9.93. The zero-order valence-corrected chi connectivity index (χ0v) is 13.5. The first-order valence-corrected chi connectivity index (χ1v) is 7.70. The molecule has 0 radical (unpaired) electrons. The average Bonchev–Trinajstić information content (AvgIpc) is 2.41. The predicted octanol–water partition coefficient (Wildman–Crippen LogP) is 3.71. The van der Waals surface area contributed by atoms with Gasteiger partial charge in [-0.05, 0) is 51.3 Å². The number of rotatable bonds is 4. The molecule has 1 aromatic rings. The third-order valence-electron chi connectivity index (χ3n) is 3.90. The van der Waals surface area contributed by atoms with Crippen molar-refractivity contribution in [3.63, 3.8) is 0 Å². The minimum absolute atomic E-state index is 0.0389. The monoisotopic (exact) mass is 290 g/mol. The van der Waals surface area contributed by atoms with E-state index in [0.717, 1.165) is 30.8 Å². The summed E-state index contributed by atoms with van der Waals surface area (Å²) in [4.78, 5) is 11.5. The Morgan fingerprint density at radius 1 is 1.43 bits per heavy atom. The van der Waals surface area contributed by atoms with Crippen LogP contribution in [0.3, 0.4) is 0 Å². The molecule has 116 valence electrons. The van der Waals surface area contributed by atoms with Crippen molar-refractivity contribution in [2.75, 3.05) is 17.2 Å². The van der Waals surface area contributed by atoms with E-state index >= 15 is 0 Å². The van der Waals surface area contributed by atoms with Gasteiger partial charge in [-0.2, -0.15) is 0 Å². The van der Waals surface area contributed by atoms with E-state index in [-0.39, 0.29) is 11.5 Å². The molecule has 1 aliphatic heterocycles. The maximum absolute atomic E-state index is 11.5. The number of carbonyl (C=O) groups is 1. The molecule has 0 bridgehead atoms. The molecule has 1 unspecified atom stereocenters. The van der Waals surface area contributed by atoms with Gasteiger partial charge in [0.15, 0.2) is 0 Å². The summed E-state index contributed by atoms with van der Waals surface area (Å²) in [7, 11) is 0. The van der Waals surface area contributed by atoms with Crippen molar-refractivity contribution >= 4 is 17.3 Å². The van der Waals surface area contributed by atoms with Gasteiger partial charge in [0.25, 0.3) is 0 Å². The molecule has 4 nitrogen and oxygen atoms in total. The van der Waals surface area contributed by atoms with Gasteiger partial charge in [-0.25, -0.2) is 0 Å². The van der Waals surface area contributed by atoms with Crippen LogP contribution in [0.15, 0.2) is 18.2 Å². The summed E-state index contributed by atoms with van der Waals surface area (Å²) >= 11 is 0. The van der Waals surface area contributed by atoms with Crippen LogP contribution in [0.25, 0.3) is 0 Å². The second kappa shape index (κ2) is 6.48. The van der Waals surface area contributed by atoms with Crippen LogP contribution in [0.4, 0.5) is 11.4 Å². The quantitative estimate of drug-likeness (QED) is 0.888. The number of nitrogens with one attached hydrogen (secondary N) is 2. The van der Waals surface area contributed by atoms with Crippen molar-refractivity contribution in [3.05, 3.63) is 23.8 Å². The number of hydrogen-bond acceptors (Lipinski definition) is 3. The zero-order chi connectivity index (χ0) is 15.5. The summed E-state index contributed by atoms with van der Waals surface area (Å²) in [5.41, 5.74) is 3.05. The summed E-state index contributed by atoms with van der Waals surface area (Å²) in [5, 5.41) is 6.51. The highest BCUT2D eigenvalue weighted by Gasteiger charge is 2.28. The number of ether oxygens (including phenoxy) is 1. The van der Waals surface area contributed by atoms with Crippen LogP contribution >= 0.6 is 0 Å². The largest absolute Gasteiger partial charge is 0.382 e. The summed E-state index contributed by atoms with van der Waals surface area (Å²) in [6.07, 6.45) is 2.48. The first-order valence-electron chi connectivity index (χ1n) is 7.70. The highest BCUT2D eigenvalue weighted by atomic mass is 16.5. The van der Waals surface area contributed by atoms with Crippen molar-refractivity contribution in [1.29, 1.82) is 0 Å². The molecule has 0 aromatic heterocycles. The predicted molar refractivity (Wildman–Crippen MR) is 86.8 cm³/mol. The van der Waals surface area contributed by atoms with Crippen molar-refractivity contribution < 1.29 is 9.53 Å². The van der Waals surface area contributed by atoms with Gasteiger partial charge in [0.05, 0.1) is 5.60 Å².